The summed E-state index contributed by atoms with van der Waals surface area (Å²) < 4.78 is 1.96. The van der Waals surface area contributed by atoms with Gasteiger partial charge in [0.25, 0.3) is 0 Å². The Kier molecular flexibility index (Phi) is 3.83. The van der Waals surface area contributed by atoms with E-state index in [1.54, 1.807) is 11.3 Å². The summed E-state index contributed by atoms with van der Waals surface area (Å²) in [4.78, 5) is 1.38. The van der Waals surface area contributed by atoms with Gasteiger partial charge < -0.3 is 5.32 Å². The van der Waals surface area contributed by atoms with Crippen LogP contribution < -0.4 is 5.32 Å². The van der Waals surface area contributed by atoms with E-state index >= 15 is 0 Å². The summed E-state index contributed by atoms with van der Waals surface area (Å²) in [5, 5.41) is 9.94. The highest BCUT2D eigenvalue weighted by molar-refractivity contribution is 7.10. The largest absolute Gasteiger partial charge is 0.378 e. The minimum absolute atomic E-state index is 0.806. The molecule has 0 radical (unpaired) electrons. The van der Waals surface area contributed by atoms with Gasteiger partial charge in [0.05, 0.1) is 18.4 Å². The highest BCUT2D eigenvalue weighted by Gasteiger charge is 2.02. The van der Waals surface area contributed by atoms with Crippen LogP contribution in [0.15, 0.2) is 54.2 Å². The van der Waals surface area contributed by atoms with Crippen LogP contribution in [0.5, 0.6) is 0 Å². The molecule has 2 heterocycles. The van der Waals surface area contributed by atoms with Gasteiger partial charge in [-0.2, -0.15) is 5.10 Å². The number of rotatable bonds is 5. The third-order valence-electron chi connectivity index (χ3n) is 3.24. The summed E-state index contributed by atoms with van der Waals surface area (Å²) in [6.07, 6.45) is 3.93. The lowest BCUT2D eigenvalue weighted by atomic mass is 10.2. The molecular weight excluding hydrogens is 266 g/mol. The van der Waals surface area contributed by atoms with E-state index in [4.69, 9.17) is 0 Å². The molecule has 2 aromatic heterocycles. The molecule has 0 saturated heterocycles. The van der Waals surface area contributed by atoms with Crippen molar-refractivity contribution in [3.05, 3.63) is 70.2 Å². The lowest BCUT2D eigenvalue weighted by molar-refractivity contribution is 0.687. The first-order chi connectivity index (χ1) is 9.81. The molecule has 3 rings (SSSR count). The first kappa shape index (κ1) is 12.9. The van der Waals surface area contributed by atoms with Crippen LogP contribution in [-0.4, -0.2) is 9.78 Å². The second-order valence-corrected chi connectivity index (χ2v) is 5.79. The number of thiophene rings is 1. The Hall–Kier alpha value is -2.07. The Morgan fingerprint density at radius 1 is 1.20 bits per heavy atom. The third-order valence-corrected chi connectivity index (χ3v) is 4.26. The average Bonchev–Trinajstić information content (AvgIpc) is 3.07. The summed E-state index contributed by atoms with van der Waals surface area (Å²) >= 11 is 1.79. The monoisotopic (exact) mass is 283 g/mol. The summed E-state index contributed by atoms with van der Waals surface area (Å²) in [7, 11) is 0. The number of aryl methyl sites for hydroxylation is 1. The van der Waals surface area contributed by atoms with Gasteiger partial charge in [-0.15, -0.1) is 11.3 Å². The highest BCUT2D eigenvalue weighted by atomic mass is 32.1. The smallest absolute Gasteiger partial charge is 0.0729 e. The van der Waals surface area contributed by atoms with Crippen molar-refractivity contribution >= 4 is 17.0 Å². The fourth-order valence-electron chi connectivity index (χ4n) is 2.08. The van der Waals surface area contributed by atoms with Crippen LogP contribution in [0.25, 0.3) is 0 Å². The Labute approximate surface area is 122 Å². The Balaban J connectivity index is 1.61. The van der Waals surface area contributed by atoms with Gasteiger partial charge in [0.15, 0.2) is 0 Å². The molecule has 0 amide bonds. The Bertz CT molecular complexity index is 670. The SMILES string of the molecule is Cc1ccsc1CNc1cnn(Cc2ccccc2)c1. The van der Waals surface area contributed by atoms with Crippen molar-refractivity contribution in [3.63, 3.8) is 0 Å². The molecule has 0 spiro atoms. The van der Waals surface area contributed by atoms with Crippen molar-refractivity contribution in [1.82, 2.24) is 9.78 Å². The molecule has 0 aliphatic rings. The van der Waals surface area contributed by atoms with Gasteiger partial charge in [-0.3, -0.25) is 4.68 Å². The minimum Gasteiger partial charge on any atom is -0.378 e. The predicted molar refractivity (Wildman–Crippen MR) is 84.2 cm³/mol. The zero-order chi connectivity index (χ0) is 13.8. The van der Waals surface area contributed by atoms with Crippen LogP contribution in [0.3, 0.4) is 0 Å². The number of hydrogen-bond acceptors (Lipinski definition) is 3. The molecule has 0 aliphatic carbocycles. The standard InChI is InChI=1S/C16H17N3S/c1-13-7-8-20-16(13)10-17-15-9-18-19(12-15)11-14-5-3-2-4-6-14/h2-9,12,17H,10-11H2,1H3. The Morgan fingerprint density at radius 3 is 2.80 bits per heavy atom. The minimum atomic E-state index is 0.806. The summed E-state index contributed by atoms with van der Waals surface area (Å²) in [6.45, 7) is 3.81. The maximum Gasteiger partial charge on any atom is 0.0729 e. The number of hydrogen-bond donors (Lipinski definition) is 1. The van der Waals surface area contributed by atoms with E-state index < -0.39 is 0 Å². The zero-order valence-electron chi connectivity index (χ0n) is 11.4. The van der Waals surface area contributed by atoms with Crippen molar-refractivity contribution in [2.24, 2.45) is 0 Å². The number of nitrogens with zero attached hydrogens (tertiary/aromatic N) is 2. The number of nitrogens with one attached hydrogen (secondary N) is 1. The molecular formula is C16H17N3S. The van der Waals surface area contributed by atoms with Crippen LogP contribution in [0.1, 0.15) is 16.0 Å². The van der Waals surface area contributed by atoms with Gasteiger partial charge in [0, 0.05) is 17.6 Å². The van der Waals surface area contributed by atoms with Crippen LogP contribution in [0, 0.1) is 6.92 Å². The fraction of sp³-hybridized carbons (Fsp3) is 0.188. The molecule has 1 aromatic carbocycles. The maximum atomic E-state index is 4.39. The van der Waals surface area contributed by atoms with Crippen molar-refractivity contribution in [2.75, 3.05) is 5.32 Å². The molecule has 20 heavy (non-hydrogen) atoms. The molecule has 0 fully saturated rings. The van der Waals surface area contributed by atoms with E-state index in [0.717, 1.165) is 18.8 Å². The summed E-state index contributed by atoms with van der Waals surface area (Å²) in [6, 6.07) is 12.5. The molecule has 0 atom stereocenters. The van der Waals surface area contributed by atoms with Crippen LogP contribution in [-0.2, 0) is 13.1 Å². The molecule has 1 N–H and O–H groups in total. The van der Waals surface area contributed by atoms with Gasteiger partial charge in [0.2, 0.25) is 0 Å². The molecule has 0 unspecified atom stereocenters. The van der Waals surface area contributed by atoms with Gasteiger partial charge in [-0.05, 0) is 29.5 Å². The van der Waals surface area contributed by atoms with Crippen LogP contribution in [0.2, 0.25) is 0 Å². The predicted octanol–water partition coefficient (Wildman–Crippen LogP) is 3.91. The molecule has 3 nitrogen and oxygen atoms in total. The second-order valence-electron chi connectivity index (χ2n) is 4.79. The normalized spacial score (nSPS) is 10.7. The molecule has 3 aromatic rings. The molecule has 102 valence electrons. The number of benzene rings is 1. The lowest BCUT2D eigenvalue weighted by Crippen LogP contribution is -2.00. The summed E-state index contributed by atoms with van der Waals surface area (Å²) in [5.74, 6) is 0. The molecule has 0 aliphatic heterocycles. The summed E-state index contributed by atoms with van der Waals surface area (Å²) in [5.41, 5.74) is 3.67. The fourth-order valence-corrected chi connectivity index (χ4v) is 2.93. The van der Waals surface area contributed by atoms with Gasteiger partial charge in [0.1, 0.15) is 0 Å². The van der Waals surface area contributed by atoms with E-state index in [0.29, 0.717) is 0 Å². The van der Waals surface area contributed by atoms with Crippen molar-refractivity contribution in [3.8, 4) is 0 Å². The molecule has 0 saturated carbocycles. The van der Waals surface area contributed by atoms with Gasteiger partial charge in [-0.25, -0.2) is 0 Å². The number of anilines is 1. The first-order valence-corrected chi connectivity index (χ1v) is 7.52. The van der Waals surface area contributed by atoms with Gasteiger partial charge in [-0.1, -0.05) is 30.3 Å². The lowest BCUT2D eigenvalue weighted by Gasteiger charge is -2.03. The van der Waals surface area contributed by atoms with E-state index in [2.05, 4.69) is 59.2 Å². The van der Waals surface area contributed by atoms with Crippen molar-refractivity contribution in [1.29, 1.82) is 0 Å². The van der Waals surface area contributed by atoms with E-state index in [9.17, 15) is 0 Å². The van der Waals surface area contributed by atoms with Crippen molar-refractivity contribution in [2.45, 2.75) is 20.0 Å². The average molecular weight is 283 g/mol. The van der Waals surface area contributed by atoms with E-state index in [1.807, 2.05) is 16.9 Å². The van der Waals surface area contributed by atoms with E-state index in [-0.39, 0.29) is 0 Å². The quantitative estimate of drug-likeness (QED) is 0.769. The maximum absolute atomic E-state index is 4.39. The van der Waals surface area contributed by atoms with Crippen LogP contribution >= 0.6 is 11.3 Å². The Morgan fingerprint density at radius 2 is 2.05 bits per heavy atom. The van der Waals surface area contributed by atoms with Gasteiger partial charge >= 0.3 is 0 Å². The topological polar surface area (TPSA) is 29.9 Å². The highest BCUT2D eigenvalue weighted by Crippen LogP contribution is 2.17. The number of aromatic nitrogens is 2. The van der Waals surface area contributed by atoms with Crippen molar-refractivity contribution < 1.29 is 0 Å². The molecule has 4 heteroatoms. The zero-order valence-corrected chi connectivity index (χ0v) is 12.2. The molecule has 0 bridgehead atoms. The van der Waals surface area contributed by atoms with E-state index in [1.165, 1.54) is 16.0 Å². The second kappa shape index (κ2) is 5.92. The third kappa shape index (κ3) is 3.08. The first-order valence-electron chi connectivity index (χ1n) is 6.64. The van der Waals surface area contributed by atoms with Crippen LogP contribution in [0.4, 0.5) is 5.69 Å².